The molecule has 0 saturated carbocycles. The Morgan fingerprint density at radius 3 is 2.41 bits per heavy atom. The summed E-state index contributed by atoms with van der Waals surface area (Å²) in [5.74, 6) is 1.01. The van der Waals surface area contributed by atoms with Gasteiger partial charge in [0.1, 0.15) is 5.82 Å². The van der Waals surface area contributed by atoms with Crippen LogP contribution in [0.3, 0.4) is 0 Å². The average Bonchev–Trinajstić information content (AvgIpc) is 3.33. The summed E-state index contributed by atoms with van der Waals surface area (Å²) in [6.07, 6.45) is 0.989. The van der Waals surface area contributed by atoms with E-state index in [2.05, 4.69) is 70.2 Å². The number of H-pyrrole nitrogens is 1. The van der Waals surface area contributed by atoms with Crippen molar-refractivity contribution in [3.63, 3.8) is 0 Å². The molecule has 2 aromatic heterocycles. The van der Waals surface area contributed by atoms with Gasteiger partial charge >= 0.3 is 0 Å². The van der Waals surface area contributed by atoms with E-state index < -0.39 is 0 Å². The number of imidazole rings is 1. The normalized spacial score (nSPS) is 12.7. The molecule has 0 saturated heterocycles. The Bertz CT molecular complexity index is 1340. The van der Waals surface area contributed by atoms with E-state index in [1.807, 2.05) is 18.2 Å². The number of hydrogen-bond acceptors (Lipinski definition) is 1. The second-order valence-electron chi connectivity index (χ2n) is 7.43. The lowest BCUT2D eigenvalue weighted by Gasteiger charge is -2.19. The molecule has 0 radical (unpaired) electrons. The van der Waals surface area contributed by atoms with Crippen molar-refractivity contribution in [2.24, 2.45) is 0 Å². The molecule has 5 aromatic rings. The second kappa shape index (κ2) is 6.36. The molecule has 0 spiro atoms. The van der Waals surface area contributed by atoms with Crippen LogP contribution in [0.2, 0.25) is 5.02 Å². The van der Waals surface area contributed by atoms with Gasteiger partial charge in [-0.05, 0) is 30.2 Å². The molecule has 3 heterocycles. The van der Waals surface area contributed by atoms with Gasteiger partial charge in [-0.15, -0.1) is 0 Å². The van der Waals surface area contributed by atoms with Crippen LogP contribution < -0.4 is 0 Å². The highest BCUT2D eigenvalue weighted by Crippen LogP contribution is 2.42. The summed E-state index contributed by atoms with van der Waals surface area (Å²) in [5, 5.41) is 2.04. The molecule has 3 aromatic carbocycles. The molecule has 0 amide bonds. The summed E-state index contributed by atoms with van der Waals surface area (Å²) in [6.45, 7) is 0.912. The van der Waals surface area contributed by atoms with Crippen molar-refractivity contribution in [2.75, 3.05) is 0 Å². The van der Waals surface area contributed by atoms with E-state index in [1.165, 1.54) is 22.2 Å². The van der Waals surface area contributed by atoms with Crippen LogP contribution >= 0.6 is 11.6 Å². The van der Waals surface area contributed by atoms with Crippen LogP contribution in [0.1, 0.15) is 5.56 Å². The molecule has 0 unspecified atom stereocenters. The summed E-state index contributed by atoms with van der Waals surface area (Å²) in [5.41, 5.74) is 8.09. The Morgan fingerprint density at radius 1 is 0.828 bits per heavy atom. The van der Waals surface area contributed by atoms with Gasteiger partial charge in [0.25, 0.3) is 0 Å². The Hall–Kier alpha value is -3.30. The fraction of sp³-hybridized carbons (Fsp3) is 0.0800. The van der Waals surface area contributed by atoms with Crippen molar-refractivity contribution in [1.29, 1.82) is 0 Å². The Labute approximate surface area is 173 Å². The van der Waals surface area contributed by atoms with Crippen LogP contribution in [0.25, 0.3) is 44.9 Å². The van der Waals surface area contributed by atoms with Crippen molar-refractivity contribution in [3.8, 4) is 34.0 Å². The van der Waals surface area contributed by atoms with Gasteiger partial charge in [0.05, 0.1) is 17.1 Å². The SMILES string of the molecule is Clc1ccc(-c2nc(-c3ccccc3)n3c2-c2[nH]c4ccccc4c2CC3)cc1. The van der Waals surface area contributed by atoms with Crippen molar-refractivity contribution in [3.05, 3.63) is 89.4 Å². The molecule has 0 fully saturated rings. The summed E-state index contributed by atoms with van der Waals surface area (Å²) < 4.78 is 2.36. The first-order chi connectivity index (χ1) is 14.3. The molecule has 0 atom stereocenters. The van der Waals surface area contributed by atoms with Gasteiger partial charge in [-0.1, -0.05) is 72.3 Å². The highest BCUT2D eigenvalue weighted by molar-refractivity contribution is 6.30. The van der Waals surface area contributed by atoms with Gasteiger partial charge in [-0.2, -0.15) is 0 Å². The maximum absolute atomic E-state index is 6.15. The fourth-order valence-electron chi connectivity index (χ4n) is 4.43. The molecule has 4 heteroatoms. The van der Waals surface area contributed by atoms with E-state index in [1.54, 1.807) is 0 Å². The maximum Gasteiger partial charge on any atom is 0.141 e. The van der Waals surface area contributed by atoms with Crippen molar-refractivity contribution < 1.29 is 0 Å². The third-order valence-electron chi connectivity index (χ3n) is 5.75. The maximum atomic E-state index is 6.15. The molecule has 1 N–H and O–H groups in total. The minimum absolute atomic E-state index is 0.733. The highest BCUT2D eigenvalue weighted by atomic mass is 35.5. The van der Waals surface area contributed by atoms with E-state index in [0.717, 1.165) is 46.3 Å². The van der Waals surface area contributed by atoms with Crippen molar-refractivity contribution in [2.45, 2.75) is 13.0 Å². The number of hydrogen-bond donors (Lipinski definition) is 1. The largest absolute Gasteiger partial charge is 0.353 e. The highest BCUT2D eigenvalue weighted by Gasteiger charge is 2.28. The van der Waals surface area contributed by atoms with Crippen LogP contribution in [0.4, 0.5) is 0 Å². The van der Waals surface area contributed by atoms with E-state index in [4.69, 9.17) is 16.6 Å². The zero-order valence-electron chi connectivity index (χ0n) is 15.7. The second-order valence-corrected chi connectivity index (χ2v) is 7.87. The minimum atomic E-state index is 0.733. The lowest BCUT2D eigenvalue weighted by atomic mass is 9.99. The first-order valence-corrected chi connectivity index (χ1v) is 10.2. The van der Waals surface area contributed by atoms with Gasteiger partial charge in [0.15, 0.2) is 0 Å². The zero-order chi connectivity index (χ0) is 19.4. The van der Waals surface area contributed by atoms with Gasteiger partial charge in [-0.25, -0.2) is 4.98 Å². The molecule has 6 rings (SSSR count). The fourth-order valence-corrected chi connectivity index (χ4v) is 4.55. The Morgan fingerprint density at radius 2 is 1.59 bits per heavy atom. The standard InChI is InChI=1S/C25H18ClN3/c26-18-12-10-16(11-13-18)22-24-23-20(19-8-4-5-9-21(19)27-23)14-15-29(24)25(28-22)17-6-2-1-3-7-17/h1-13,27H,14-15H2. The lowest BCUT2D eigenvalue weighted by molar-refractivity contribution is 0.693. The number of para-hydroxylation sites is 1. The Balaban J connectivity index is 1.67. The van der Waals surface area contributed by atoms with Crippen LogP contribution in [-0.4, -0.2) is 14.5 Å². The predicted octanol–water partition coefficient (Wildman–Crippen LogP) is 6.57. The minimum Gasteiger partial charge on any atom is -0.353 e. The zero-order valence-corrected chi connectivity index (χ0v) is 16.4. The number of nitrogens with one attached hydrogen (secondary N) is 1. The number of aromatic nitrogens is 3. The average molecular weight is 396 g/mol. The van der Waals surface area contributed by atoms with Crippen LogP contribution in [-0.2, 0) is 13.0 Å². The number of rotatable bonds is 2. The van der Waals surface area contributed by atoms with E-state index >= 15 is 0 Å². The summed E-state index contributed by atoms with van der Waals surface area (Å²) in [6, 6.07) is 26.9. The number of aryl methyl sites for hydroxylation is 1. The molecule has 0 aliphatic carbocycles. The number of benzene rings is 3. The molecular weight excluding hydrogens is 378 g/mol. The smallest absolute Gasteiger partial charge is 0.141 e. The quantitative estimate of drug-likeness (QED) is 0.360. The molecule has 140 valence electrons. The Kier molecular flexibility index (Phi) is 3.65. The van der Waals surface area contributed by atoms with Gasteiger partial charge < -0.3 is 9.55 Å². The number of halogens is 1. The summed E-state index contributed by atoms with van der Waals surface area (Å²) >= 11 is 6.15. The number of nitrogens with zero attached hydrogens (tertiary/aromatic N) is 2. The van der Waals surface area contributed by atoms with Crippen LogP contribution in [0.15, 0.2) is 78.9 Å². The number of fused-ring (bicyclic) bond motifs is 5. The third-order valence-corrected chi connectivity index (χ3v) is 6.01. The first kappa shape index (κ1) is 16.6. The molecule has 1 aliphatic rings. The van der Waals surface area contributed by atoms with E-state index in [9.17, 15) is 0 Å². The molecule has 0 bridgehead atoms. The third kappa shape index (κ3) is 2.55. The van der Waals surface area contributed by atoms with Gasteiger partial charge in [0, 0.05) is 33.6 Å². The van der Waals surface area contributed by atoms with Crippen molar-refractivity contribution in [1.82, 2.24) is 14.5 Å². The molecule has 3 nitrogen and oxygen atoms in total. The predicted molar refractivity (Wildman–Crippen MR) is 119 cm³/mol. The van der Waals surface area contributed by atoms with E-state index in [0.29, 0.717) is 0 Å². The first-order valence-electron chi connectivity index (χ1n) is 9.81. The summed E-state index contributed by atoms with van der Waals surface area (Å²) in [7, 11) is 0. The molecule has 29 heavy (non-hydrogen) atoms. The lowest BCUT2D eigenvalue weighted by Crippen LogP contribution is -2.11. The molecule has 1 aliphatic heterocycles. The summed E-state index contributed by atoms with van der Waals surface area (Å²) in [4.78, 5) is 8.80. The van der Waals surface area contributed by atoms with Gasteiger partial charge in [0.2, 0.25) is 0 Å². The van der Waals surface area contributed by atoms with Crippen LogP contribution in [0, 0.1) is 0 Å². The van der Waals surface area contributed by atoms with Crippen LogP contribution in [0.5, 0.6) is 0 Å². The van der Waals surface area contributed by atoms with E-state index in [-0.39, 0.29) is 0 Å². The number of aromatic amines is 1. The topological polar surface area (TPSA) is 33.6 Å². The molecular formula is C25H18ClN3. The monoisotopic (exact) mass is 395 g/mol. The van der Waals surface area contributed by atoms with Crippen molar-refractivity contribution >= 4 is 22.5 Å². The van der Waals surface area contributed by atoms with Gasteiger partial charge in [-0.3, -0.25) is 0 Å².